The van der Waals surface area contributed by atoms with Gasteiger partial charge in [0.25, 0.3) is 0 Å². The standard InChI is InChI=1S/C20H17BrCl2N4O2S/c1-2-7-27-18(11-29-17-5-3-13(21)4-6-17)25-26-20(27)30-12-19(28)24-16-9-14(22)8-15(23)10-16/h2-6,8-10H,1,7,11-12H2,(H,24,28). The van der Waals surface area contributed by atoms with Crippen LogP contribution in [0.4, 0.5) is 5.69 Å². The first-order chi connectivity index (χ1) is 14.4. The number of anilines is 1. The molecule has 0 unspecified atom stereocenters. The van der Waals surface area contributed by atoms with Gasteiger partial charge in [-0.15, -0.1) is 16.8 Å². The summed E-state index contributed by atoms with van der Waals surface area (Å²) in [5.74, 6) is 1.30. The largest absolute Gasteiger partial charge is 0.486 e. The van der Waals surface area contributed by atoms with Crippen LogP contribution in [0.15, 0.2) is 64.7 Å². The maximum absolute atomic E-state index is 12.3. The van der Waals surface area contributed by atoms with Crippen molar-refractivity contribution >= 4 is 62.5 Å². The molecule has 0 fully saturated rings. The summed E-state index contributed by atoms with van der Waals surface area (Å²) >= 11 is 16.6. The van der Waals surface area contributed by atoms with Crippen molar-refractivity contribution in [2.75, 3.05) is 11.1 Å². The Balaban J connectivity index is 1.61. The van der Waals surface area contributed by atoms with E-state index in [1.54, 1.807) is 24.3 Å². The average Bonchev–Trinajstić information content (AvgIpc) is 3.07. The highest BCUT2D eigenvalue weighted by Crippen LogP contribution is 2.24. The molecule has 0 aliphatic rings. The molecule has 2 aromatic carbocycles. The van der Waals surface area contributed by atoms with Crippen molar-refractivity contribution in [3.8, 4) is 5.75 Å². The smallest absolute Gasteiger partial charge is 0.234 e. The molecule has 0 saturated heterocycles. The number of nitrogens with zero attached hydrogens (tertiary/aromatic N) is 3. The second kappa shape index (κ2) is 10.9. The zero-order chi connectivity index (χ0) is 21.5. The number of allylic oxidation sites excluding steroid dienone is 1. The van der Waals surface area contributed by atoms with E-state index < -0.39 is 0 Å². The second-order valence-corrected chi connectivity index (χ2v) is 8.77. The van der Waals surface area contributed by atoms with Crippen LogP contribution in [0.5, 0.6) is 5.75 Å². The molecule has 0 saturated carbocycles. The lowest BCUT2D eigenvalue weighted by atomic mass is 10.3. The summed E-state index contributed by atoms with van der Waals surface area (Å²) in [6.07, 6.45) is 1.74. The van der Waals surface area contributed by atoms with Gasteiger partial charge in [0.2, 0.25) is 5.91 Å². The van der Waals surface area contributed by atoms with Crippen molar-refractivity contribution in [3.05, 3.63) is 75.5 Å². The van der Waals surface area contributed by atoms with Gasteiger partial charge in [0.1, 0.15) is 12.4 Å². The van der Waals surface area contributed by atoms with E-state index in [1.807, 2.05) is 28.8 Å². The lowest BCUT2D eigenvalue weighted by Gasteiger charge is -2.09. The minimum absolute atomic E-state index is 0.146. The van der Waals surface area contributed by atoms with Crippen molar-refractivity contribution < 1.29 is 9.53 Å². The molecule has 0 bridgehead atoms. The predicted octanol–water partition coefficient (Wildman–Crippen LogP) is 5.84. The van der Waals surface area contributed by atoms with Crippen molar-refractivity contribution in [2.24, 2.45) is 0 Å². The Labute approximate surface area is 196 Å². The highest BCUT2D eigenvalue weighted by molar-refractivity contribution is 9.10. The maximum Gasteiger partial charge on any atom is 0.234 e. The number of rotatable bonds is 9. The van der Waals surface area contributed by atoms with E-state index in [0.717, 1.165) is 10.2 Å². The first-order valence-corrected chi connectivity index (χ1v) is 11.3. The fourth-order valence-electron chi connectivity index (χ4n) is 2.48. The van der Waals surface area contributed by atoms with E-state index in [4.69, 9.17) is 27.9 Å². The highest BCUT2D eigenvalue weighted by Gasteiger charge is 2.14. The number of amides is 1. The highest BCUT2D eigenvalue weighted by atomic mass is 79.9. The number of hydrogen-bond acceptors (Lipinski definition) is 5. The van der Waals surface area contributed by atoms with Crippen LogP contribution >= 0.6 is 50.9 Å². The van der Waals surface area contributed by atoms with Crippen LogP contribution in [-0.2, 0) is 17.9 Å². The van der Waals surface area contributed by atoms with Crippen molar-refractivity contribution in [1.82, 2.24) is 14.8 Å². The number of hydrogen-bond donors (Lipinski definition) is 1. The number of carbonyl (C=O) groups excluding carboxylic acids is 1. The van der Waals surface area contributed by atoms with Gasteiger partial charge < -0.3 is 10.1 Å². The lowest BCUT2D eigenvalue weighted by Crippen LogP contribution is -2.15. The molecule has 0 atom stereocenters. The zero-order valence-corrected chi connectivity index (χ0v) is 19.6. The fourth-order valence-corrected chi connectivity index (χ4v) is 4.03. The molecule has 1 amide bonds. The van der Waals surface area contributed by atoms with E-state index in [-0.39, 0.29) is 18.3 Å². The average molecular weight is 528 g/mol. The Hall–Kier alpha value is -2.00. The van der Waals surface area contributed by atoms with E-state index >= 15 is 0 Å². The number of carbonyl (C=O) groups is 1. The van der Waals surface area contributed by atoms with Crippen LogP contribution in [0.1, 0.15) is 5.82 Å². The summed E-state index contributed by atoms with van der Waals surface area (Å²) in [5.41, 5.74) is 0.536. The molecular formula is C20H17BrCl2N4O2S. The number of ether oxygens (including phenoxy) is 1. The number of thioether (sulfide) groups is 1. The molecule has 1 aromatic heterocycles. The van der Waals surface area contributed by atoms with Gasteiger partial charge in [0.15, 0.2) is 11.0 Å². The van der Waals surface area contributed by atoms with Crippen molar-refractivity contribution in [2.45, 2.75) is 18.3 Å². The van der Waals surface area contributed by atoms with Crippen LogP contribution in [0.25, 0.3) is 0 Å². The van der Waals surface area contributed by atoms with Gasteiger partial charge in [-0.1, -0.05) is 57.0 Å². The number of benzene rings is 2. The van der Waals surface area contributed by atoms with E-state index in [1.165, 1.54) is 11.8 Å². The lowest BCUT2D eigenvalue weighted by molar-refractivity contribution is -0.113. The Morgan fingerprint density at radius 2 is 1.90 bits per heavy atom. The summed E-state index contributed by atoms with van der Waals surface area (Å²) in [5, 5.41) is 12.7. The quantitative estimate of drug-likeness (QED) is 0.279. The summed E-state index contributed by atoms with van der Waals surface area (Å²) < 4.78 is 8.62. The SMILES string of the molecule is C=CCn1c(COc2ccc(Br)cc2)nnc1SCC(=O)Nc1cc(Cl)cc(Cl)c1. The van der Waals surface area contributed by atoms with Gasteiger partial charge in [0, 0.05) is 26.8 Å². The second-order valence-electron chi connectivity index (χ2n) is 6.04. The molecule has 0 aliphatic carbocycles. The van der Waals surface area contributed by atoms with Gasteiger partial charge in [0.05, 0.1) is 5.75 Å². The molecule has 156 valence electrons. The van der Waals surface area contributed by atoms with Crippen LogP contribution in [0.2, 0.25) is 10.0 Å². The normalized spacial score (nSPS) is 10.6. The number of nitrogens with one attached hydrogen (secondary N) is 1. The molecule has 0 aliphatic heterocycles. The Kier molecular flexibility index (Phi) is 8.21. The summed E-state index contributed by atoms with van der Waals surface area (Å²) in [7, 11) is 0. The molecule has 10 heteroatoms. The minimum Gasteiger partial charge on any atom is -0.486 e. The van der Waals surface area contributed by atoms with Crippen LogP contribution < -0.4 is 10.1 Å². The minimum atomic E-state index is -0.209. The summed E-state index contributed by atoms with van der Waals surface area (Å²) in [6, 6.07) is 12.4. The molecule has 0 spiro atoms. The molecule has 1 heterocycles. The van der Waals surface area contributed by atoms with Crippen LogP contribution in [0, 0.1) is 0 Å². The molecule has 1 N–H and O–H groups in total. The van der Waals surface area contributed by atoms with Gasteiger partial charge in [-0.3, -0.25) is 9.36 Å². The van der Waals surface area contributed by atoms with E-state index in [2.05, 4.69) is 38.0 Å². The Morgan fingerprint density at radius 1 is 1.20 bits per heavy atom. The molecule has 6 nitrogen and oxygen atoms in total. The monoisotopic (exact) mass is 526 g/mol. The summed E-state index contributed by atoms with van der Waals surface area (Å²) in [4.78, 5) is 12.3. The first-order valence-electron chi connectivity index (χ1n) is 8.74. The van der Waals surface area contributed by atoms with Crippen molar-refractivity contribution in [1.29, 1.82) is 0 Å². The Morgan fingerprint density at radius 3 is 2.57 bits per heavy atom. The molecule has 3 rings (SSSR count). The third kappa shape index (κ3) is 6.50. The molecule has 30 heavy (non-hydrogen) atoms. The Bertz CT molecular complexity index is 1020. The third-order valence-corrected chi connectivity index (χ3v) is 5.70. The fraction of sp³-hybridized carbons (Fsp3) is 0.150. The van der Waals surface area contributed by atoms with Gasteiger partial charge in [-0.2, -0.15) is 0 Å². The number of halogens is 3. The summed E-state index contributed by atoms with van der Waals surface area (Å²) in [6.45, 7) is 4.52. The predicted molar refractivity (Wildman–Crippen MR) is 125 cm³/mol. The van der Waals surface area contributed by atoms with Crippen LogP contribution in [-0.4, -0.2) is 26.4 Å². The molecule has 0 radical (unpaired) electrons. The van der Waals surface area contributed by atoms with Crippen LogP contribution in [0.3, 0.4) is 0 Å². The van der Waals surface area contributed by atoms with Gasteiger partial charge >= 0.3 is 0 Å². The third-order valence-electron chi connectivity index (χ3n) is 3.77. The van der Waals surface area contributed by atoms with Crippen molar-refractivity contribution in [3.63, 3.8) is 0 Å². The van der Waals surface area contributed by atoms with E-state index in [0.29, 0.717) is 33.3 Å². The topological polar surface area (TPSA) is 69.0 Å². The number of aromatic nitrogens is 3. The first kappa shape index (κ1) is 22.7. The van der Waals surface area contributed by atoms with E-state index in [9.17, 15) is 4.79 Å². The zero-order valence-electron chi connectivity index (χ0n) is 15.6. The molecule has 3 aromatic rings. The maximum atomic E-state index is 12.3. The van der Waals surface area contributed by atoms with Gasteiger partial charge in [-0.05, 0) is 42.5 Å². The molecular weight excluding hydrogens is 511 g/mol. The van der Waals surface area contributed by atoms with Gasteiger partial charge in [-0.25, -0.2) is 0 Å².